The first kappa shape index (κ1) is 49.6. The van der Waals surface area contributed by atoms with Crippen LogP contribution in [0.1, 0.15) is 113 Å². The summed E-state index contributed by atoms with van der Waals surface area (Å²) in [6.45, 7) is 8.12. The average Bonchev–Trinajstić information content (AvgIpc) is 3.44. The van der Waals surface area contributed by atoms with Crippen LogP contribution in [-0.4, -0.2) is 26.4 Å². The number of ether oxygens (including phenoxy) is 6. The minimum atomic E-state index is -0.219. The Morgan fingerprint density at radius 1 is 0.370 bits per heavy atom. The molecule has 73 heavy (non-hydrogen) atoms. The minimum absolute atomic E-state index is 0.219. The maximum absolute atomic E-state index is 6.81. The zero-order valence-electron chi connectivity index (χ0n) is 43.1. The molecule has 0 radical (unpaired) electrons. The first-order chi connectivity index (χ1) is 36.0. The van der Waals surface area contributed by atoms with Gasteiger partial charge in [0.25, 0.3) is 0 Å². The van der Waals surface area contributed by atoms with Crippen LogP contribution in [0.5, 0.6) is 34.5 Å². The molecule has 2 aliphatic heterocycles. The van der Waals surface area contributed by atoms with Gasteiger partial charge in [-0.15, -0.1) is 0 Å². The second-order valence-electron chi connectivity index (χ2n) is 20.5. The molecule has 0 saturated heterocycles. The molecule has 10 rings (SSSR count). The molecular formula is C67H72O6. The molecule has 0 aromatic heterocycles. The van der Waals surface area contributed by atoms with Gasteiger partial charge in [0.2, 0.25) is 0 Å². The molecule has 6 heteroatoms. The first-order valence-corrected chi connectivity index (χ1v) is 27.3. The van der Waals surface area contributed by atoms with E-state index in [0.29, 0.717) is 26.4 Å². The van der Waals surface area contributed by atoms with Crippen molar-refractivity contribution >= 4 is 21.5 Å². The molecule has 8 aromatic carbocycles. The van der Waals surface area contributed by atoms with Crippen LogP contribution in [0.15, 0.2) is 158 Å². The van der Waals surface area contributed by atoms with Gasteiger partial charge in [0.15, 0.2) is 0 Å². The summed E-state index contributed by atoms with van der Waals surface area (Å²) in [6, 6.07) is 55.4. The van der Waals surface area contributed by atoms with E-state index < -0.39 is 0 Å². The number of fused-ring (bicyclic) bond motifs is 6. The normalized spacial score (nSPS) is 13.5. The molecule has 0 N–H and O–H groups in total. The third-order valence-corrected chi connectivity index (χ3v) is 14.9. The average molecular weight is 973 g/mol. The fourth-order valence-electron chi connectivity index (χ4n) is 10.8. The van der Waals surface area contributed by atoms with Gasteiger partial charge in [0.05, 0.1) is 26.4 Å². The summed E-state index contributed by atoms with van der Waals surface area (Å²) >= 11 is 0. The summed E-state index contributed by atoms with van der Waals surface area (Å²) < 4.78 is 38.8. The van der Waals surface area contributed by atoms with Crippen LogP contribution < -0.4 is 28.4 Å². The van der Waals surface area contributed by atoms with Crippen LogP contribution in [-0.2, 0) is 26.1 Å². The quantitative estimate of drug-likeness (QED) is 0.0563. The van der Waals surface area contributed by atoms with E-state index in [1.807, 2.05) is 0 Å². The Morgan fingerprint density at radius 3 is 1.07 bits per heavy atom. The number of benzene rings is 8. The van der Waals surface area contributed by atoms with Gasteiger partial charge in [0, 0.05) is 16.2 Å². The van der Waals surface area contributed by atoms with Crippen LogP contribution >= 0.6 is 0 Å². The van der Waals surface area contributed by atoms with Gasteiger partial charge in [-0.2, -0.15) is 0 Å². The number of rotatable bonds is 24. The number of unbranched alkanes of at least 4 members (excludes halogenated alkanes) is 10. The van der Waals surface area contributed by atoms with Gasteiger partial charge in [-0.1, -0.05) is 175 Å². The molecule has 1 spiro atoms. The topological polar surface area (TPSA) is 55.4 Å². The molecule has 6 nitrogen and oxygen atoms in total. The molecule has 8 aromatic rings. The van der Waals surface area contributed by atoms with Gasteiger partial charge in [-0.3, -0.25) is 0 Å². The second kappa shape index (κ2) is 24.2. The van der Waals surface area contributed by atoms with Crippen molar-refractivity contribution in [2.45, 2.75) is 117 Å². The molecule has 0 aliphatic carbocycles. The van der Waals surface area contributed by atoms with Crippen LogP contribution in [0.25, 0.3) is 43.8 Å². The lowest BCUT2D eigenvalue weighted by atomic mass is 9.73. The van der Waals surface area contributed by atoms with E-state index in [1.54, 1.807) is 0 Å². The molecule has 0 saturated carbocycles. The van der Waals surface area contributed by atoms with Crippen LogP contribution in [0, 0.1) is 5.41 Å². The predicted molar refractivity (Wildman–Crippen MR) is 299 cm³/mol. The van der Waals surface area contributed by atoms with Crippen LogP contribution in [0.2, 0.25) is 0 Å². The largest absolute Gasteiger partial charge is 0.494 e. The third-order valence-electron chi connectivity index (χ3n) is 14.9. The van der Waals surface area contributed by atoms with E-state index in [1.165, 1.54) is 75.3 Å². The van der Waals surface area contributed by atoms with Crippen molar-refractivity contribution < 1.29 is 28.4 Å². The standard InChI is InChI=1S/C67H72O6/c1-3-5-7-9-11-17-39-68-57-31-23-49(24-32-57)51-27-35-59(36-28-51)70-45-55-41-53-43-67(47-72-65(53)63-21-15-13-19-61(55)63)44-54-42-56(62-20-14-16-22-64(62)66(54)73-48-67)46-71-60-37-29-52(30-38-60)50-25-33-58(34-26-50)69-40-18-12-10-8-6-4-2/h13-16,19-38,41-42H,3-12,17-18,39-40,43-48H2,1-2H3. The lowest BCUT2D eigenvalue weighted by Crippen LogP contribution is -2.44. The highest BCUT2D eigenvalue weighted by atomic mass is 16.5. The van der Waals surface area contributed by atoms with Crippen molar-refractivity contribution in [3.63, 3.8) is 0 Å². The Bertz CT molecular complexity index is 2820. The maximum atomic E-state index is 6.81. The second-order valence-corrected chi connectivity index (χ2v) is 20.5. The monoisotopic (exact) mass is 973 g/mol. The van der Waals surface area contributed by atoms with Crippen molar-refractivity contribution in [3.8, 4) is 56.8 Å². The zero-order valence-corrected chi connectivity index (χ0v) is 43.1. The van der Waals surface area contributed by atoms with Crippen molar-refractivity contribution in [2.75, 3.05) is 26.4 Å². The molecule has 0 amide bonds. The molecular weight excluding hydrogens is 901 g/mol. The lowest BCUT2D eigenvalue weighted by Gasteiger charge is -2.42. The predicted octanol–water partition coefficient (Wildman–Crippen LogP) is 17.5. The van der Waals surface area contributed by atoms with Gasteiger partial charge in [0.1, 0.15) is 47.7 Å². The van der Waals surface area contributed by atoms with Gasteiger partial charge < -0.3 is 28.4 Å². The molecule has 2 aliphatic rings. The minimum Gasteiger partial charge on any atom is -0.494 e. The Morgan fingerprint density at radius 2 is 0.699 bits per heavy atom. The zero-order chi connectivity index (χ0) is 49.7. The highest BCUT2D eigenvalue weighted by molar-refractivity contribution is 5.94. The molecule has 2 heterocycles. The molecule has 0 bridgehead atoms. The Balaban J connectivity index is 0.776. The Labute approximate surface area is 433 Å². The molecule has 0 fully saturated rings. The Hall–Kier alpha value is -6.92. The first-order valence-electron chi connectivity index (χ1n) is 27.3. The van der Waals surface area contributed by atoms with E-state index >= 15 is 0 Å². The van der Waals surface area contributed by atoms with Gasteiger partial charge in [-0.25, -0.2) is 0 Å². The third kappa shape index (κ3) is 12.3. The highest BCUT2D eigenvalue weighted by Crippen LogP contribution is 2.48. The molecule has 0 unspecified atom stereocenters. The van der Waals surface area contributed by atoms with Crippen LogP contribution in [0.4, 0.5) is 0 Å². The summed E-state index contributed by atoms with van der Waals surface area (Å²) in [7, 11) is 0. The van der Waals surface area contributed by atoms with Crippen molar-refractivity contribution in [1.82, 2.24) is 0 Å². The molecule has 0 atom stereocenters. The van der Waals surface area contributed by atoms with E-state index in [-0.39, 0.29) is 5.41 Å². The number of hydrogen-bond donors (Lipinski definition) is 0. The van der Waals surface area contributed by atoms with E-state index in [9.17, 15) is 0 Å². The fraction of sp³-hybridized carbons (Fsp3) is 0.343. The lowest BCUT2D eigenvalue weighted by molar-refractivity contribution is 0.0497. The SMILES string of the molecule is CCCCCCCCOc1ccc(-c2ccc(OCc3cc4c(c5ccccc35)OCC3(COc5c(cc(COc6ccc(-c7ccc(OCCCCCCCC)cc7)cc6)c6ccccc56)C3)C4)cc2)cc1. The summed E-state index contributed by atoms with van der Waals surface area (Å²) in [4.78, 5) is 0. The maximum Gasteiger partial charge on any atom is 0.130 e. The van der Waals surface area contributed by atoms with E-state index in [4.69, 9.17) is 28.4 Å². The van der Waals surface area contributed by atoms with E-state index in [2.05, 4.69) is 172 Å². The molecule has 376 valence electrons. The van der Waals surface area contributed by atoms with E-state index in [0.717, 1.165) is 128 Å². The van der Waals surface area contributed by atoms with Gasteiger partial charge in [-0.05, 0) is 142 Å². The summed E-state index contributed by atoms with van der Waals surface area (Å²) in [5, 5.41) is 4.56. The Kier molecular flexibility index (Phi) is 16.5. The van der Waals surface area contributed by atoms with Crippen molar-refractivity contribution in [1.29, 1.82) is 0 Å². The number of hydrogen-bond acceptors (Lipinski definition) is 6. The fourth-order valence-corrected chi connectivity index (χ4v) is 10.8. The smallest absolute Gasteiger partial charge is 0.130 e. The van der Waals surface area contributed by atoms with Crippen LogP contribution in [0.3, 0.4) is 0 Å². The summed E-state index contributed by atoms with van der Waals surface area (Å²) in [5.41, 5.74) is 9.08. The highest BCUT2D eigenvalue weighted by Gasteiger charge is 2.42. The summed E-state index contributed by atoms with van der Waals surface area (Å²) in [5.74, 6) is 5.48. The summed E-state index contributed by atoms with van der Waals surface area (Å²) in [6.07, 6.45) is 16.8. The van der Waals surface area contributed by atoms with Crippen molar-refractivity contribution in [2.24, 2.45) is 5.41 Å². The van der Waals surface area contributed by atoms with Gasteiger partial charge >= 0.3 is 0 Å². The van der Waals surface area contributed by atoms with Crippen molar-refractivity contribution in [3.05, 3.63) is 180 Å².